The Morgan fingerprint density at radius 3 is 2.33 bits per heavy atom. The summed E-state index contributed by atoms with van der Waals surface area (Å²) in [5, 5.41) is 8.91. The lowest BCUT2D eigenvalue weighted by Crippen LogP contribution is -1.72. The lowest BCUT2D eigenvalue weighted by molar-refractivity contribution is 1.55. The van der Waals surface area contributed by atoms with Gasteiger partial charge in [0.2, 0.25) is 0 Å². The highest BCUT2D eigenvalue weighted by Gasteiger charge is 1.72. The van der Waals surface area contributed by atoms with Crippen LogP contribution in [-0.4, -0.2) is 12.0 Å². The van der Waals surface area contributed by atoms with E-state index in [1.165, 1.54) is 0 Å². The molecule has 0 aliphatic heterocycles. The minimum absolute atomic E-state index is 0.870. The quantitative estimate of drug-likeness (QED) is 0.419. The normalized spacial score (nSPS) is 10.5. The summed E-state index contributed by atoms with van der Waals surface area (Å²) < 4.78 is 0. The maximum atomic E-state index is 8.04. The standard InChI is InChI=1S/C4H6NP/c1-4(3-5)6-2/h1-2H3. The first-order valence-electron chi connectivity index (χ1n) is 1.64. The number of nitriles is 1. The summed E-state index contributed by atoms with van der Waals surface area (Å²) in [4.78, 5) is 0. The highest BCUT2D eigenvalue weighted by atomic mass is 31.1. The second-order valence-corrected chi connectivity index (χ2v) is 2.04. The van der Waals surface area contributed by atoms with E-state index in [0.29, 0.717) is 0 Å². The highest BCUT2D eigenvalue weighted by Crippen LogP contribution is 1.87. The van der Waals surface area contributed by atoms with Gasteiger partial charge in [-0.15, -0.1) is 0 Å². The average Bonchev–Trinajstić information content (AvgIpc) is 1.65. The Balaban J connectivity index is 3.61. The van der Waals surface area contributed by atoms with Gasteiger partial charge < -0.3 is 0 Å². The van der Waals surface area contributed by atoms with E-state index in [0.717, 1.165) is 13.5 Å². The Morgan fingerprint density at radius 1 is 1.83 bits per heavy atom. The van der Waals surface area contributed by atoms with Crippen molar-refractivity contribution in [2.75, 3.05) is 6.66 Å². The maximum Gasteiger partial charge on any atom is 0.0990 e. The fourth-order valence-electron chi connectivity index (χ4n) is 0.0500. The SMILES string of the molecule is CP=C(C)C#N. The predicted molar refractivity (Wildman–Crippen MR) is 29.1 cm³/mol. The molecule has 0 fully saturated rings. The molecule has 0 aromatic carbocycles. The fraction of sp³-hybridized carbons (Fsp3) is 0.500. The monoisotopic (exact) mass is 99.0 g/mol. The van der Waals surface area contributed by atoms with E-state index < -0.39 is 0 Å². The second kappa shape index (κ2) is 2.87. The van der Waals surface area contributed by atoms with E-state index >= 15 is 0 Å². The second-order valence-electron chi connectivity index (χ2n) is 0.921. The van der Waals surface area contributed by atoms with Gasteiger partial charge in [0.15, 0.2) is 0 Å². The molecule has 0 aliphatic carbocycles. The van der Waals surface area contributed by atoms with Crippen molar-refractivity contribution in [2.24, 2.45) is 0 Å². The van der Waals surface area contributed by atoms with Crippen LogP contribution in [0.2, 0.25) is 0 Å². The topological polar surface area (TPSA) is 23.8 Å². The Hall–Kier alpha value is -0.340. The van der Waals surface area contributed by atoms with Gasteiger partial charge in [0.25, 0.3) is 0 Å². The van der Waals surface area contributed by atoms with Gasteiger partial charge in [0, 0.05) is 5.29 Å². The zero-order chi connectivity index (χ0) is 4.99. The van der Waals surface area contributed by atoms with Crippen molar-refractivity contribution in [3.8, 4) is 6.07 Å². The molecule has 0 atom stereocenters. The van der Waals surface area contributed by atoms with Crippen LogP contribution in [0.25, 0.3) is 0 Å². The Morgan fingerprint density at radius 2 is 2.33 bits per heavy atom. The molecule has 0 spiro atoms. The van der Waals surface area contributed by atoms with Crippen LogP contribution in [0, 0.1) is 11.3 Å². The molecule has 0 rings (SSSR count). The summed E-state index contributed by atoms with van der Waals surface area (Å²) in [7, 11) is 1.08. The van der Waals surface area contributed by atoms with Crippen LogP contribution >= 0.6 is 8.20 Å². The minimum atomic E-state index is 0.870. The van der Waals surface area contributed by atoms with E-state index in [1.54, 1.807) is 0 Å². The third kappa shape index (κ3) is 1.93. The molecule has 0 saturated heterocycles. The number of hydrogen-bond donors (Lipinski definition) is 0. The Labute approximate surface area is 39.4 Å². The molecular formula is C4H6NP. The van der Waals surface area contributed by atoms with Gasteiger partial charge in [0.05, 0.1) is 6.07 Å². The molecule has 1 nitrogen and oxygen atoms in total. The summed E-state index contributed by atoms with van der Waals surface area (Å²) in [6.07, 6.45) is 0. The number of nitrogens with zero attached hydrogens (tertiary/aromatic N) is 1. The van der Waals surface area contributed by atoms with Gasteiger partial charge in [-0.05, 0) is 13.6 Å². The molecule has 0 radical (unpaired) electrons. The molecule has 0 amide bonds. The first-order chi connectivity index (χ1) is 2.81. The van der Waals surface area contributed by atoms with Crippen molar-refractivity contribution < 1.29 is 0 Å². The molecule has 32 valence electrons. The van der Waals surface area contributed by atoms with E-state index in [2.05, 4.69) is 0 Å². The summed E-state index contributed by atoms with van der Waals surface area (Å²) in [5.74, 6) is 0. The molecule has 0 N–H and O–H groups in total. The molecular weight excluding hydrogens is 93.0 g/mol. The van der Waals surface area contributed by atoms with Gasteiger partial charge in [-0.1, -0.05) is 8.20 Å². The fourth-order valence-corrected chi connectivity index (χ4v) is 0.150. The third-order valence-electron chi connectivity index (χ3n) is 0.497. The first-order valence-corrected chi connectivity index (χ1v) is 2.99. The lowest BCUT2D eigenvalue weighted by Gasteiger charge is -1.69. The zero-order valence-electron chi connectivity index (χ0n) is 3.89. The summed E-state index contributed by atoms with van der Waals surface area (Å²) in [5.41, 5.74) is 0. The van der Waals surface area contributed by atoms with Crippen LogP contribution in [0.5, 0.6) is 0 Å². The van der Waals surface area contributed by atoms with Crippen molar-refractivity contribution in [2.45, 2.75) is 6.92 Å². The highest BCUT2D eigenvalue weighted by molar-refractivity contribution is 7.40. The molecule has 0 saturated carbocycles. The van der Waals surface area contributed by atoms with Crippen LogP contribution in [0.4, 0.5) is 0 Å². The lowest BCUT2D eigenvalue weighted by atomic mass is 10.6. The van der Waals surface area contributed by atoms with Gasteiger partial charge >= 0.3 is 0 Å². The molecule has 2 heteroatoms. The van der Waals surface area contributed by atoms with Crippen molar-refractivity contribution in [1.29, 1.82) is 5.26 Å². The van der Waals surface area contributed by atoms with Crippen molar-refractivity contribution in [3.63, 3.8) is 0 Å². The van der Waals surface area contributed by atoms with E-state index in [4.69, 9.17) is 5.26 Å². The molecule has 6 heavy (non-hydrogen) atoms. The third-order valence-corrected chi connectivity index (χ3v) is 1.27. The maximum absolute atomic E-state index is 8.04. The zero-order valence-corrected chi connectivity index (χ0v) is 4.79. The van der Waals surface area contributed by atoms with E-state index in [1.807, 2.05) is 19.7 Å². The van der Waals surface area contributed by atoms with E-state index in [-0.39, 0.29) is 0 Å². The number of hydrogen-bond acceptors (Lipinski definition) is 1. The van der Waals surface area contributed by atoms with Crippen LogP contribution in [0.1, 0.15) is 6.92 Å². The van der Waals surface area contributed by atoms with Gasteiger partial charge in [-0.3, -0.25) is 0 Å². The summed E-state index contributed by atoms with van der Waals surface area (Å²) in [6, 6.07) is 2.02. The molecule has 0 aliphatic rings. The first kappa shape index (κ1) is 5.66. The molecule has 0 aromatic rings. The van der Waals surface area contributed by atoms with Gasteiger partial charge in [0.1, 0.15) is 0 Å². The van der Waals surface area contributed by atoms with Gasteiger partial charge in [-0.25, -0.2) is 0 Å². The predicted octanol–water partition coefficient (Wildman–Crippen LogP) is 1.28. The minimum Gasteiger partial charge on any atom is -0.192 e. The van der Waals surface area contributed by atoms with E-state index in [9.17, 15) is 0 Å². The largest absolute Gasteiger partial charge is 0.192 e. The van der Waals surface area contributed by atoms with Crippen LogP contribution in [-0.2, 0) is 0 Å². The molecule has 0 heterocycles. The van der Waals surface area contributed by atoms with Crippen molar-refractivity contribution >= 4 is 13.5 Å². The Bertz CT molecular complexity index is 98.6. The summed E-state index contributed by atoms with van der Waals surface area (Å²) >= 11 is 0. The molecule has 0 bridgehead atoms. The average molecular weight is 99.1 g/mol. The molecule has 0 unspecified atom stereocenters. The smallest absolute Gasteiger partial charge is 0.0990 e. The van der Waals surface area contributed by atoms with Crippen LogP contribution < -0.4 is 0 Å². The van der Waals surface area contributed by atoms with Gasteiger partial charge in [-0.2, -0.15) is 5.26 Å². The van der Waals surface area contributed by atoms with Crippen LogP contribution in [0.3, 0.4) is 0 Å². The summed E-state index contributed by atoms with van der Waals surface area (Å²) in [6.45, 7) is 3.76. The molecule has 0 aromatic heterocycles. The number of rotatable bonds is 0. The van der Waals surface area contributed by atoms with Crippen molar-refractivity contribution in [3.05, 3.63) is 0 Å². The van der Waals surface area contributed by atoms with Crippen LogP contribution in [0.15, 0.2) is 0 Å². The Kier molecular flexibility index (Phi) is 2.71. The van der Waals surface area contributed by atoms with Crippen molar-refractivity contribution in [1.82, 2.24) is 0 Å².